The molecule has 0 unspecified atom stereocenters. The fourth-order valence-corrected chi connectivity index (χ4v) is 0.713. The molecule has 0 aliphatic carbocycles. The van der Waals surface area contributed by atoms with E-state index >= 15 is 0 Å². The molecule has 0 fully saturated rings. The van der Waals surface area contributed by atoms with Crippen LogP contribution in [0.5, 0.6) is 0 Å². The van der Waals surface area contributed by atoms with Crippen molar-refractivity contribution < 1.29 is 9.18 Å². The first-order valence-corrected chi connectivity index (χ1v) is 3.61. The van der Waals surface area contributed by atoms with Crippen molar-refractivity contribution in [1.29, 1.82) is 0 Å². The molecule has 13 heavy (non-hydrogen) atoms. The molecule has 70 valence electrons. The van der Waals surface area contributed by atoms with Crippen LogP contribution in [0.4, 0.5) is 16.2 Å². The number of halogens is 1. The van der Waals surface area contributed by atoms with E-state index in [2.05, 4.69) is 15.3 Å². The van der Waals surface area contributed by atoms with Crippen LogP contribution in [0, 0.1) is 5.82 Å². The van der Waals surface area contributed by atoms with E-state index < -0.39 is 5.82 Å². The number of Topliss-reactive ketones (excluding diaryl/α,β-unsaturated/α-hetero) is 1. The number of carbonyl (C=O) groups excluding carboxylic acids is 1. The molecule has 3 N–H and O–H groups in total. The van der Waals surface area contributed by atoms with Crippen LogP contribution in [0.1, 0.15) is 6.92 Å². The second-order valence-corrected chi connectivity index (χ2v) is 2.48. The Morgan fingerprint density at radius 3 is 3.08 bits per heavy atom. The van der Waals surface area contributed by atoms with Crippen molar-refractivity contribution in [3.05, 3.63) is 12.0 Å². The van der Waals surface area contributed by atoms with Gasteiger partial charge in [0.25, 0.3) is 0 Å². The third-order valence-corrected chi connectivity index (χ3v) is 1.27. The zero-order chi connectivity index (χ0) is 9.84. The summed E-state index contributed by atoms with van der Waals surface area (Å²) in [7, 11) is 0. The Balaban J connectivity index is 2.75. The first kappa shape index (κ1) is 9.37. The van der Waals surface area contributed by atoms with Gasteiger partial charge in [0.15, 0.2) is 11.6 Å². The van der Waals surface area contributed by atoms with Gasteiger partial charge in [0, 0.05) is 0 Å². The maximum atomic E-state index is 12.9. The number of rotatable bonds is 3. The smallest absolute Gasteiger partial charge is 0.222 e. The molecule has 1 aromatic heterocycles. The SMILES string of the molecule is CC(=O)CNc1nc(N)ncc1F. The fourth-order valence-electron chi connectivity index (χ4n) is 0.713. The lowest BCUT2D eigenvalue weighted by atomic mass is 10.4. The maximum Gasteiger partial charge on any atom is 0.222 e. The van der Waals surface area contributed by atoms with Gasteiger partial charge in [0.1, 0.15) is 5.78 Å². The predicted octanol–water partition coefficient (Wildman–Crippen LogP) is 0.199. The van der Waals surface area contributed by atoms with Gasteiger partial charge >= 0.3 is 0 Å². The molecule has 0 saturated heterocycles. The Morgan fingerprint density at radius 1 is 1.77 bits per heavy atom. The predicted molar refractivity (Wildman–Crippen MR) is 45.6 cm³/mol. The monoisotopic (exact) mass is 184 g/mol. The van der Waals surface area contributed by atoms with Crippen molar-refractivity contribution in [3.8, 4) is 0 Å². The molecular weight excluding hydrogens is 175 g/mol. The topological polar surface area (TPSA) is 80.9 Å². The minimum absolute atomic E-state index is 0.0212. The molecule has 0 aliphatic heterocycles. The summed E-state index contributed by atoms with van der Waals surface area (Å²) in [6, 6.07) is 0. The molecule has 1 rings (SSSR count). The molecule has 1 aromatic rings. The first-order valence-electron chi connectivity index (χ1n) is 3.61. The molecular formula is C7H9FN4O. The van der Waals surface area contributed by atoms with E-state index in [-0.39, 0.29) is 24.1 Å². The number of ketones is 1. The van der Waals surface area contributed by atoms with Crippen molar-refractivity contribution in [2.45, 2.75) is 6.92 Å². The summed E-state index contributed by atoms with van der Waals surface area (Å²) in [6.07, 6.45) is 0.949. The van der Waals surface area contributed by atoms with Gasteiger partial charge in [-0.05, 0) is 6.92 Å². The molecule has 0 spiro atoms. The van der Waals surface area contributed by atoms with Gasteiger partial charge in [-0.25, -0.2) is 9.37 Å². The highest BCUT2D eigenvalue weighted by Gasteiger charge is 2.04. The summed E-state index contributed by atoms with van der Waals surface area (Å²) >= 11 is 0. The van der Waals surface area contributed by atoms with Crippen molar-refractivity contribution in [2.24, 2.45) is 0 Å². The number of nitrogens with one attached hydrogen (secondary N) is 1. The van der Waals surface area contributed by atoms with Crippen LogP contribution in [0.15, 0.2) is 6.20 Å². The average Bonchev–Trinajstić information content (AvgIpc) is 2.06. The number of hydrogen-bond acceptors (Lipinski definition) is 5. The normalized spacial score (nSPS) is 9.69. The van der Waals surface area contributed by atoms with Gasteiger partial charge in [-0.15, -0.1) is 0 Å². The first-order chi connectivity index (χ1) is 6.09. The van der Waals surface area contributed by atoms with Crippen LogP contribution in [-0.2, 0) is 4.79 Å². The second kappa shape index (κ2) is 3.79. The lowest BCUT2D eigenvalue weighted by Crippen LogP contribution is -2.13. The number of nitrogens with two attached hydrogens (primary N) is 1. The van der Waals surface area contributed by atoms with Crippen molar-refractivity contribution in [3.63, 3.8) is 0 Å². The van der Waals surface area contributed by atoms with Crippen molar-refractivity contribution in [2.75, 3.05) is 17.6 Å². The van der Waals surface area contributed by atoms with Gasteiger partial charge < -0.3 is 11.1 Å². The number of nitrogen functional groups attached to an aromatic ring is 1. The van der Waals surface area contributed by atoms with Crippen LogP contribution in [0.2, 0.25) is 0 Å². The maximum absolute atomic E-state index is 12.9. The molecule has 0 atom stereocenters. The molecule has 0 amide bonds. The van der Waals surface area contributed by atoms with Crippen LogP contribution in [-0.4, -0.2) is 22.3 Å². The highest BCUT2D eigenvalue weighted by Crippen LogP contribution is 2.09. The van der Waals surface area contributed by atoms with Crippen LogP contribution in [0.25, 0.3) is 0 Å². The van der Waals surface area contributed by atoms with E-state index in [4.69, 9.17) is 5.73 Å². The quantitative estimate of drug-likeness (QED) is 0.701. The van der Waals surface area contributed by atoms with E-state index in [1.165, 1.54) is 6.92 Å². The highest BCUT2D eigenvalue weighted by molar-refractivity contribution is 5.80. The van der Waals surface area contributed by atoms with E-state index in [9.17, 15) is 9.18 Å². The molecule has 5 nitrogen and oxygen atoms in total. The minimum Gasteiger partial charge on any atom is -0.368 e. The molecule has 0 bridgehead atoms. The van der Waals surface area contributed by atoms with Gasteiger partial charge in [0.2, 0.25) is 5.95 Å². The highest BCUT2D eigenvalue weighted by atomic mass is 19.1. The Bertz CT molecular complexity index is 328. The molecule has 1 heterocycles. The largest absolute Gasteiger partial charge is 0.368 e. The van der Waals surface area contributed by atoms with Gasteiger partial charge in [-0.1, -0.05) is 0 Å². The van der Waals surface area contributed by atoms with E-state index in [0.717, 1.165) is 6.20 Å². The van der Waals surface area contributed by atoms with E-state index in [1.807, 2.05) is 0 Å². The number of hydrogen-bond donors (Lipinski definition) is 2. The molecule has 0 aromatic carbocycles. The fraction of sp³-hybridized carbons (Fsp3) is 0.286. The molecule has 0 saturated carbocycles. The standard InChI is InChI=1S/C7H9FN4O/c1-4(13)2-10-6-5(8)3-11-7(9)12-6/h3H,2H2,1H3,(H3,9,10,11,12). The summed E-state index contributed by atoms with van der Waals surface area (Å²) in [6.45, 7) is 1.41. The zero-order valence-corrected chi connectivity index (χ0v) is 7.04. The van der Waals surface area contributed by atoms with Crippen LogP contribution >= 0.6 is 0 Å². The third-order valence-electron chi connectivity index (χ3n) is 1.27. The average molecular weight is 184 g/mol. The number of anilines is 2. The molecule has 6 heteroatoms. The van der Waals surface area contributed by atoms with Crippen LogP contribution < -0.4 is 11.1 Å². The lowest BCUT2D eigenvalue weighted by Gasteiger charge is -2.03. The van der Waals surface area contributed by atoms with Gasteiger partial charge in [-0.3, -0.25) is 4.79 Å². The van der Waals surface area contributed by atoms with Crippen molar-refractivity contribution >= 4 is 17.5 Å². The molecule has 0 radical (unpaired) electrons. The Kier molecular flexibility index (Phi) is 2.73. The zero-order valence-electron chi connectivity index (χ0n) is 7.04. The van der Waals surface area contributed by atoms with Gasteiger partial charge in [-0.2, -0.15) is 4.98 Å². The minimum atomic E-state index is -0.629. The Hall–Kier alpha value is -1.72. The summed E-state index contributed by atoms with van der Waals surface area (Å²) in [5.41, 5.74) is 5.22. The second-order valence-electron chi connectivity index (χ2n) is 2.48. The third kappa shape index (κ3) is 2.66. The van der Waals surface area contributed by atoms with Gasteiger partial charge in [0.05, 0.1) is 12.7 Å². The Labute approximate surface area is 74.2 Å². The van der Waals surface area contributed by atoms with E-state index in [1.54, 1.807) is 0 Å². The number of nitrogens with zero attached hydrogens (tertiary/aromatic N) is 2. The molecule has 0 aliphatic rings. The summed E-state index contributed by atoms with van der Waals surface area (Å²) in [5, 5.41) is 2.50. The van der Waals surface area contributed by atoms with E-state index in [0.29, 0.717) is 0 Å². The lowest BCUT2D eigenvalue weighted by molar-refractivity contribution is -0.115. The number of carbonyl (C=O) groups is 1. The summed E-state index contributed by atoms with van der Waals surface area (Å²) in [4.78, 5) is 17.6. The summed E-state index contributed by atoms with van der Waals surface area (Å²) in [5.74, 6) is -0.831. The van der Waals surface area contributed by atoms with Crippen LogP contribution in [0.3, 0.4) is 0 Å². The number of aromatic nitrogens is 2. The van der Waals surface area contributed by atoms with Crippen molar-refractivity contribution in [1.82, 2.24) is 9.97 Å². The summed E-state index contributed by atoms with van der Waals surface area (Å²) < 4.78 is 12.9. The Morgan fingerprint density at radius 2 is 2.46 bits per heavy atom.